The Morgan fingerprint density at radius 2 is 1.86 bits per heavy atom. The summed E-state index contributed by atoms with van der Waals surface area (Å²) in [7, 11) is 0. The van der Waals surface area contributed by atoms with E-state index in [0.717, 1.165) is 11.3 Å². The molecule has 0 aliphatic carbocycles. The van der Waals surface area contributed by atoms with Crippen LogP contribution in [0.15, 0.2) is 36.7 Å². The molecule has 1 heterocycles. The number of aryl methyl sites for hydroxylation is 1. The van der Waals surface area contributed by atoms with Crippen LogP contribution in [0, 0.1) is 6.92 Å². The molecule has 0 aliphatic rings. The number of hydrogen-bond acceptors (Lipinski definition) is 3. The summed E-state index contributed by atoms with van der Waals surface area (Å²) in [5, 5.41) is 0. The summed E-state index contributed by atoms with van der Waals surface area (Å²) in [5.74, 6) is 0.447. The number of aromatic nitrogens is 2. The molecular weight excluding hydrogens is 174 g/mol. The van der Waals surface area contributed by atoms with Gasteiger partial charge in [0.25, 0.3) is 0 Å². The van der Waals surface area contributed by atoms with Crippen molar-refractivity contribution in [3.63, 3.8) is 0 Å². The molecule has 0 fully saturated rings. The summed E-state index contributed by atoms with van der Waals surface area (Å²) in [4.78, 5) is 8.23. The minimum Gasteiger partial charge on any atom is -0.382 e. The average Bonchev–Trinajstić information content (AvgIpc) is 2.20. The van der Waals surface area contributed by atoms with Gasteiger partial charge in [0, 0.05) is 5.56 Å². The minimum atomic E-state index is 0.447. The lowest BCUT2D eigenvalue weighted by Gasteiger charge is -2.03. The lowest BCUT2D eigenvalue weighted by atomic mass is 10.1. The van der Waals surface area contributed by atoms with Gasteiger partial charge in [-0.1, -0.05) is 24.3 Å². The van der Waals surface area contributed by atoms with Crippen LogP contribution >= 0.6 is 0 Å². The van der Waals surface area contributed by atoms with E-state index in [1.807, 2.05) is 31.2 Å². The monoisotopic (exact) mass is 185 g/mol. The van der Waals surface area contributed by atoms with E-state index in [4.69, 9.17) is 5.73 Å². The van der Waals surface area contributed by atoms with Crippen molar-refractivity contribution < 1.29 is 0 Å². The summed E-state index contributed by atoms with van der Waals surface area (Å²) < 4.78 is 0. The molecule has 3 nitrogen and oxygen atoms in total. The lowest BCUT2D eigenvalue weighted by molar-refractivity contribution is 1.21. The Kier molecular flexibility index (Phi) is 2.14. The molecule has 0 amide bonds. The van der Waals surface area contributed by atoms with E-state index in [1.165, 1.54) is 5.56 Å². The fraction of sp³-hybridized carbons (Fsp3) is 0.0909. The molecule has 2 aromatic rings. The molecule has 0 saturated carbocycles. The van der Waals surface area contributed by atoms with E-state index in [2.05, 4.69) is 9.97 Å². The maximum absolute atomic E-state index is 5.47. The second kappa shape index (κ2) is 3.46. The molecule has 0 bridgehead atoms. The standard InChI is InChI=1S/C11H11N3/c1-8-4-2-3-5-9(8)10-6-14-11(12)7-13-10/h2-7H,1H3,(H2,12,14). The first kappa shape index (κ1) is 8.69. The molecule has 70 valence electrons. The van der Waals surface area contributed by atoms with E-state index in [1.54, 1.807) is 12.4 Å². The number of rotatable bonds is 1. The second-order valence-corrected chi connectivity index (χ2v) is 3.14. The largest absolute Gasteiger partial charge is 0.382 e. The third kappa shape index (κ3) is 1.57. The van der Waals surface area contributed by atoms with Crippen LogP contribution in [0.2, 0.25) is 0 Å². The van der Waals surface area contributed by atoms with Crippen molar-refractivity contribution >= 4 is 5.82 Å². The zero-order chi connectivity index (χ0) is 9.97. The van der Waals surface area contributed by atoms with Gasteiger partial charge in [-0.05, 0) is 12.5 Å². The highest BCUT2D eigenvalue weighted by atomic mass is 14.9. The molecule has 0 radical (unpaired) electrons. The van der Waals surface area contributed by atoms with Crippen molar-refractivity contribution in [3.05, 3.63) is 42.2 Å². The number of anilines is 1. The van der Waals surface area contributed by atoms with E-state index in [-0.39, 0.29) is 0 Å². The van der Waals surface area contributed by atoms with Crippen LogP contribution in [-0.2, 0) is 0 Å². The Morgan fingerprint density at radius 1 is 1.07 bits per heavy atom. The Morgan fingerprint density at radius 3 is 2.50 bits per heavy atom. The molecule has 14 heavy (non-hydrogen) atoms. The van der Waals surface area contributed by atoms with Crippen molar-refractivity contribution in [1.29, 1.82) is 0 Å². The molecule has 2 N–H and O–H groups in total. The van der Waals surface area contributed by atoms with Crippen LogP contribution in [0.1, 0.15) is 5.56 Å². The minimum absolute atomic E-state index is 0.447. The van der Waals surface area contributed by atoms with E-state index in [0.29, 0.717) is 5.82 Å². The van der Waals surface area contributed by atoms with Crippen molar-refractivity contribution in [2.24, 2.45) is 0 Å². The van der Waals surface area contributed by atoms with Gasteiger partial charge >= 0.3 is 0 Å². The van der Waals surface area contributed by atoms with Crippen LogP contribution in [0.3, 0.4) is 0 Å². The van der Waals surface area contributed by atoms with Crippen molar-refractivity contribution in [2.75, 3.05) is 5.73 Å². The van der Waals surface area contributed by atoms with E-state index >= 15 is 0 Å². The fourth-order valence-electron chi connectivity index (χ4n) is 1.34. The van der Waals surface area contributed by atoms with E-state index < -0.39 is 0 Å². The lowest BCUT2D eigenvalue weighted by Crippen LogP contribution is -1.93. The molecule has 0 unspecified atom stereocenters. The predicted octanol–water partition coefficient (Wildman–Crippen LogP) is 2.03. The molecule has 2 rings (SSSR count). The van der Waals surface area contributed by atoms with Gasteiger partial charge in [0.15, 0.2) is 0 Å². The first-order valence-electron chi connectivity index (χ1n) is 4.41. The number of nitrogen functional groups attached to an aromatic ring is 1. The molecular formula is C11H11N3. The highest BCUT2D eigenvalue weighted by Crippen LogP contribution is 2.19. The third-order valence-corrected chi connectivity index (χ3v) is 2.09. The van der Waals surface area contributed by atoms with E-state index in [9.17, 15) is 0 Å². The molecule has 3 heteroatoms. The van der Waals surface area contributed by atoms with Crippen molar-refractivity contribution in [2.45, 2.75) is 6.92 Å². The normalized spacial score (nSPS) is 10.1. The summed E-state index contributed by atoms with van der Waals surface area (Å²) in [6.07, 6.45) is 3.26. The SMILES string of the molecule is Cc1ccccc1-c1cnc(N)cn1. The smallest absolute Gasteiger partial charge is 0.141 e. The predicted molar refractivity (Wildman–Crippen MR) is 56.6 cm³/mol. The van der Waals surface area contributed by atoms with Gasteiger partial charge < -0.3 is 5.73 Å². The van der Waals surface area contributed by atoms with Crippen LogP contribution in [-0.4, -0.2) is 9.97 Å². The number of nitrogens with zero attached hydrogens (tertiary/aromatic N) is 2. The van der Waals surface area contributed by atoms with Crippen LogP contribution in [0.25, 0.3) is 11.3 Å². The number of benzene rings is 1. The second-order valence-electron chi connectivity index (χ2n) is 3.14. The Hall–Kier alpha value is -1.90. The summed E-state index contributed by atoms with van der Waals surface area (Å²) in [6.45, 7) is 2.05. The number of hydrogen-bond donors (Lipinski definition) is 1. The highest BCUT2D eigenvalue weighted by Gasteiger charge is 2.01. The first-order valence-corrected chi connectivity index (χ1v) is 4.41. The van der Waals surface area contributed by atoms with Gasteiger partial charge in [-0.2, -0.15) is 0 Å². The Labute approximate surface area is 82.6 Å². The quantitative estimate of drug-likeness (QED) is 0.739. The van der Waals surface area contributed by atoms with Gasteiger partial charge in [-0.3, -0.25) is 4.98 Å². The summed E-state index contributed by atoms with van der Waals surface area (Å²) >= 11 is 0. The highest BCUT2D eigenvalue weighted by molar-refractivity contribution is 5.62. The zero-order valence-corrected chi connectivity index (χ0v) is 7.94. The third-order valence-electron chi connectivity index (χ3n) is 2.09. The van der Waals surface area contributed by atoms with Crippen molar-refractivity contribution in [3.8, 4) is 11.3 Å². The summed E-state index contributed by atoms with van der Waals surface area (Å²) in [5.41, 5.74) is 8.61. The molecule has 0 saturated heterocycles. The molecule has 1 aromatic heterocycles. The van der Waals surface area contributed by atoms with Gasteiger partial charge in [0.05, 0.1) is 18.1 Å². The average molecular weight is 185 g/mol. The van der Waals surface area contributed by atoms with Crippen molar-refractivity contribution in [1.82, 2.24) is 9.97 Å². The van der Waals surface area contributed by atoms with Crippen LogP contribution in [0.4, 0.5) is 5.82 Å². The Balaban J connectivity index is 2.50. The van der Waals surface area contributed by atoms with Crippen LogP contribution in [0.5, 0.6) is 0 Å². The molecule has 1 aromatic carbocycles. The summed E-state index contributed by atoms with van der Waals surface area (Å²) in [6, 6.07) is 8.06. The maximum atomic E-state index is 5.47. The van der Waals surface area contributed by atoms with Crippen LogP contribution < -0.4 is 5.73 Å². The molecule has 0 aliphatic heterocycles. The zero-order valence-electron chi connectivity index (χ0n) is 7.94. The topological polar surface area (TPSA) is 51.8 Å². The fourth-order valence-corrected chi connectivity index (χ4v) is 1.34. The first-order chi connectivity index (χ1) is 6.77. The number of nitrogens with two attached hydrogens (primary N) is 1. The molecule has 0 atom stereocenters. The Bertz CT molecular complexity index is 435. The van der Waals surface area contributed by atoms with Gasteiger partial charge in [-0.25, -0.2) is 4.98 Å². The van der Waals surface area contributed by atoms with Gasteiger partial charge in [0.1, 0.15) is 5.82 Å². The van der Waals surface area contributed by atoms with Gasteiger partial charge in [-0.15, -0.1) is 0 Å². The maximum Gasteiger partial charge on any atom is 0.141 e. The van der Waals surface area contributed by atoms with Gasteiger partial charge in [0.2, 0.25) is 0 Å². The molecule has 0 spiro atoms.